The molecule has 7 nitrogen and oxygen atoms in total. The number of benzene rings is 1. The highest BCUT2D eigenvalue weighted by Gasteiger charge is 2.11. The average molecular weight is 401 g/mol. The molecule has 1 N–H and O–H groups in total. The second kappa shape index (κ2) is 7.14. The van der Waals surface area contributed by atoms with Crippen LogP contribution in [0.5, 0.6) is 0 Å². The van der Waals surface area contributed by atoms with Crippen LogP contribution in [0.4, 0.5) is 11.6 Å². The second-order valence-corrected chi connectivity index (χ2v) is 7.71. The molecule has 5 aromatic rings. The zero-order chi connectivity index (χ0) is 19.8. The second-order valence-electron chi connectivity index (χ2n) is 6.93. The number of hydrogen-bond donors (Lipinski definition) is 1. The largest absolute Gasteiger partial charge is 0.365 e. The Bertz CT molecular complexity index is 1290. The third-order valence-corrected chi connectivity index (χ3v) is 5.43. The molecular formula is C21H19N7S. The first-order valence-electron chi connectivity index (χ1n) is 9.24. The van der Waals surface area contributed by atoms with E-state index in [1.54, 1.807) is 15.9 Å². The van der Waals surface area contributed by atoms with Crippen LogP contribution in [0.2, 0.25) is 0 Å². The number of anilines is 2. The van der Waals surface area contributed by atoms with E-state index >= 15 is 0 Å². The van der Waals surface area contributed by atoms with Crippen molar-refractivity contribution in [2.75, 3.05) is 24.3 Å². The molecule has 0 saturated carbocycles. The fraction of sp³-hybridized carbons (Fsp3) is 0.143. The standard InChI is InChI=1S/C21H19N7S/c1-27(2)20-11-15(16-5-3-4-6-17(16)23-20)12-22-18-7-8-19-24-25-21(28(19)26-18)14-9-10-29-13-14/h3-11,13H,12H2,1-2H3,(H,22,26). The van der Waals surface area contributed by atoms with Crippen molar-refractivity contribution in [2.24, 2.45) is 0 Å². The number of hydrogen-bond acceptors (Lipinski definition) is 7. The average Bonchev–Trinajstić information content (AvgIpc) is 3.41. The van der Waals surface area contributed by atoms with Crippen LogP contribution < -0.4 is 10.2 Å². The first-order chi connectivity index (χ1) is 14.2. The summed E-state index contributed by atoms with van der Waals surface area (Å²) >= 11 is 1.63. The minimum absolute atomic E-state index is 0.637. The van der Waals surface area contributed by atoms with Gasteiger partial charge in [-0.15, -0.1) is 15.3 Å². The fourth-order valence-corrected chi connectivity index (χ4v) is 3.88. The number of nitrogens with zero attached hydrogens (tertiary/aromatic N) is 6. The molecule has 0 unspecified atom stereocenters. The van der Waals surface area contributed by atoms with Crippen LogP contribution in [0.1, 0.15) is 5.56 Å². The van der Waals surface area contributed by atoms with Gasteiger partial charge >= 0.3 is 0 Å². The van der Waals surface area contributed by atoms with Gasteiger partial charge in [0.2, 0.25) is 0 Å². The van der Waals surface area contributed by atoms with E-state index in [4.69, 9.17) is 10.1 Å². The molecule has 0 bridgehead atoms. The van der Waals surface area contributed by atoms with Gasteiger partial charge in [-0.2, -0.15) is 15.9 Å². The lowest BCUT2D eigenvalue weighted by atomic mass is 10.1. The van der Waals surface area contributed by atoms with Gasteiger partial charge in [-0.1, -0.05) is 18.2 Å². The normalized spacial score (nSPS) is 11.2. The Morgan fingerprint density at radius 3 is 2.79 bits per heavy atom. The number of para-hydroxylation sites is 1. The van der Waals surface area contributed by atoms with Crippen LogP contribution in [0.15, 0.2) is 59.3 Å². The highest BCUT2D eigenvalue weighted by molar-refractivity contribution is 7.08. The Morgan fingerprint density at radius 2 is 1.97 bits per heavy atom. The van der Waals surface area contributed by atoms with Crippen molar-refractivity contribution in [1.29, 1.82) is 0 Å². The van der Waals surface area contributed by atoms with Crippen LogP contribution in [0, 0.1) is 0 Å². The monoisotopic (exact) mass is 401 g/mol. The van der Waals surface area contributed by atoms with Gasteiger partial charge in [-0.25, -0.2) is 4.98 Å². The molecule has 0 aliphatic rings. The van der Waals surface area contributed by atoms with Crippen LogP contribution in [-0.2, 0) is 6.54 Å². The Morgan fingerprint density at radius 1 is 1.07 bits per heavy atom. The van der Waals surface area contributed by atoms with E-state index in [9.17, 15) is 0 Å². The third-order valence-electron chi connectivity index (χ3n) is 4.75. The molecule has 4 aromatic heterocycles. The van der Waals surface area contributed by atoms with Crippen molar-refractivity contribution in [2.45, 2.75) is 6.54 Å². The van der Waals surface area contributed by atoms with E-state index in [1.165, 1.54) is 5.56 Å². The number of thiophene rings is 1. The predicted octanol–water partition coefficient (Wildman–Crippen LogP) is 4.08. The molecular weight excluding hydrogens is 382 g/mol. The number of fused-ring (bicyclic) bond motifs is 2. The molecule has 0 aliphatic heterocycles. The van der Waals surface area contributed by atoms with Gasteiger partial charge in [-0.3, -0.25) is 0 Å². The number of aromatic nitrogens is 5. The van der Waals surface area contributed by atoms with Gasteiger partial charge in [0.15, 0.2) is 11.5 Å². The van der Waals surface area contributed by atoms with Gasteiger partial charge in [0, 0.05) is 37.0 Å². The number of rotatable bonds is 5. The van der Waals surface area contributed by atoms with E-state index in [0.717, 1.165) is 39.6 Å². The van der Waals surface area contributed by atoms with E-state index < -0.39 is 0 Å². The molecule has 0 saturated heterocycles. The van der Waals surface area contributed by atoms with Gasteiger partial charge in [-0.05, 0) is 41.3 Å². The fourth-order valence-electron chi connectivity index (χ4n) is 3.25. The maximum atomic E-state index is 4.73. The predicted molar refractivity (Wildman–Crippen MR) is 117 cm³/mol. The molecule has 144 valence electrons. The lowest BCUT2D eigenvalue weighted by molar-refractivity contribution is 0.926. The first kappa shape index (κ1) is 17.6. The van der Waals surface area contributed by atoms with Gasteiger partial charge < -0.3 is 10.2 Å². The SMILES string of the molecule is CN(C)c1cc(CNc2ccc3nnc(-c4ccsc4)n3n2)c2ccccc2n1. The van der Waals surface area contributed by atoms with Crippen LogP contribution in [-0.4, -0.2) is 38.9 Å². The molecule has 0 aliphatic carbocycles. The lowest BCUT2D eigenvalue weighted by Gasteiger charge is -2.15. The summed E-state index contributed by atoms with van der Waals surface area (Å²) in [7, 11) is 4.00. The summed E-state index contributed by atoms with van der Waals surface area (Å²) in [6.45, 7) is 0.637. The maximum Gasteiger partial charge on any atom is 0.186 e. The van der Waals surface area contributed by atoms with Crippen molar-refractivity contribution in [3.63, 3.8) is 0 Å². The Labute approximate surface area is 171 Å². The smallest absolute Gasteiger partial charge is 0.186 e. The maximum absolute atomic E-state index is 4.73. The van der Waals surface area contributed by atoms with E-state index in [2.05, 4.69) is 27.6 Å². The lowest BCUT2D eigenvalue weighted by Crippen LogP contribution is -2.12. The van der Waals surface area contributed by atoms with E-state index in [0.29, 0.717) is 6.54 Å². The molecule has 0 amide bonds. The Balaban J connectivity index is 1.49. The topological polar surface area (TPSA) is 71.2 Å². The van der Waals surface area contributed by atoms with Crippen molar-refractivity contribution in [3.05, 3.63) is 64.9 Å². The highest BCUT2D eigenvalue weighted by Crippen LogP contribution is 2.24. The first-order valence-corrected chi connectivity index (χ1v) is 10.2. The molecule has 1 aromatic carbocycles. The van der Waals surface area contributed by atoms with Crippen molar-refractivity contribution >= 4 is 39.5 Å². The molecule has 0 spiro atoms. The molecule has 8 heteroatoms. The van der Waals surface area contributed by atoms with Crippen molar-refractivity contribution in [1.82, 2.24) is 24.8 Å². The molecule has 29 heavy (non-hydrogen) atoms. The van der Waals surface area contributed by atoms with Crippen molar-refractivity contribution < 1.29 is 0 Å². The molecule has 5 rings (SSSR count). The van der Waals surface area contributed by atoms with Gasteiger partial charge in [0.05, 0.1) is 5.52 Å². The Kier molecular flexibility index (Phi) is 4.33. The quantitative estimate of drug-likeness (QED) is 0.478. The summed E-state index contributed by atoms with van der Waals surface area (Å²) in [6.07, 6.45) is 0. The van der Waals surface area contributed by atoms with Gasteiger partial charge in [0.25, 0.3) is 0 Å². The molecule has 0 radical (unpaired) electrons. The number of pyridine rings is 1. The molecule has 0 fully saturated rings. The van der Waals surface area contributed by atoms with Crippen molar-refractivity contribution in [3.8, 4) is 11.4 Å². The summed E-state index contributed by atoms with van der Waals surface area (Å²) in [5, 5.41) is 21.9. The zero-order valence-electron chi connectivity index (χ0n) is 16.1. The van der Waals surface area contributed by atoms with Crippen LogP contribution in [0.3, 0.4) is 0 Å². The van der Waals surface area contributed by atoms with Crippen LogP contribution >= 0.6 is 11.3 Å². The summed E-state index contributed by atoms with van der Waals surface area (Å²) in [5.41, 5.74) is 3.89. The summed E-state index contributed by atoms with van der Waals surface area (Å²) in [4.78, 5) is 6.75. The van der Waals surface area contributed by atoms with Crippen LogP contribution in [0.25, 0.3) is 27.9 Å². The third kappa shape index (κ3) is 3.27. The minimum Gasteiger partial charge on any atom is -0.365 e. The summed E-state index contributed by atoms with van der Waals surface area (Å²) in [5.74, 6) is 2.44. The van der Waals surface area contributed by atoms with E-state index in [1.807, 2.05) is 66.2 Å². The Hall–Kier alpha value is -3.52. The highest BCUT2D eigenvalue weighted by atomic mass is 32.1. The molecule has 4 heterocycles. The van der Waals surface area contributed by atoms with Gasteiger partial charge in [0.1, 0.15) is 11.6 Å². The van der Waals surface area contributed by atoms with E-state index in [-0.39, 0.29) is 0 Å². The molecule has 0 atom stereocenters. The zero-order valence-corrected chi connectivity index (χ0v) is 16.9. The summed E-state index contributed by atoms with van der Waals surface area (Å²) in [6, 6.07) is 16.2. The minimum atomic E-state index is 0.637. The number of nitrogens with one attached hydrogen (secondary N) is 1. The summed E-state index contributed by atoms with van der Waals surface area (Å²) < 4.78 is 1.78.